The highest BCUT2D eigenvalue weighted by Crippen LogP contribution is 2.22. The van der Waals surface area contributed by atoms with E-state index in [0.29, 0.717) is 11.0 Å². The lowest BCUT2D eigenvalue weighted by Crippen LogP contribution is -2.01. The molecule has 0 spiro atoms. The molecule has 0 unspecified atom stereocenters. The highest BCUT2D eigenvalue weighted by Gasteiger charge is 2.15. The minimum absolute atomic E-state index is 0.204. The van der Waals surface area contributed by atoms with Crippen molar-refractivity contribution >= 4 is 32.9 Å². The van der Waals surface area contributed by atoms with Gasteiger partial charge < -0.3 is 9.26 Å². The third kappa shape index (κ3) is 1.39. The number of esters is 1. The SMILES string of the molecule is COC(=O)c1noc2cc(Br)ccc12. The van der Waals surface area contributed by atoms with Crippen molar-refractivity contribution in [1.29, 1.82) is 0 Å². The van der Waals surface area contributed by atoms with Crippen LogP contribution >= 0.6 is 15.9 Å². The fraction of sp³-hybridized carbons (Fsp3) is 0.111. The van der Waals surface area contributed by atoms with Crippen molar-refractivity contribution in [3.8, 4) is 0 Å². The second-order valence-corrected chi connectivity index (χ2v) is 3.58. The molecule has 0 aliphatic rings. The average molecular weight is 256 g/mol. The number of rotatable bonds is 1. The molecule has 5 heteroatoms. The van der Waals surface area contributed by atoms with Gasteiger partial charge in [-0.25, -0.2) is 4.79 Å². The van der Waals surface area contributed by atoms with Crippen LogP contribution in [0, 0.1) is 0 Å². The lowest BCUT2D eigenvalue weighted by atomic mass is 10.2. The first kappa shape index (κ1) is 9.21. The molecule has 1 aromatic carbocycles. The first-order valence-electron chi connectivity index (χ1n) is 3.85. The van der Waals surface area contributed by atoms with E-state index in [2.05, 4.69) is 25.8 Å². The Bertz CT molecular complexity index is 492. The number of ether oxygens (including phenoxy) is 1. The molecule has 0 amide bonds. The van der Waals surface area contributed by atoms with E-state index in [-0.39, 0.29) is 5.69 Å². The quantitative estimate of drug-likeness (QED) is 0.735. The van der Waals surface area contributed by atoms with Crippen molar-refractivity contribution in [2.45, 2.75) is 0 Å². The zero-order chi connectivity index (χ0) is 10.1. The Kier molecular flexibility index (Phi) is 2.25. The Labute approximate surface area is 88.0 Å². The molecule has 2 rings (SSSR count). The number of aromatic nitrogens is 1. The van der Waals surface area contributed by atoms with Gasteiger partial charge in [0.2, 0.25) is 0 Å². The van der Waals surface area contributed by atoms with E-state index in [0.717, 1.165) is 4.47 Å². The summed E-state index contributed by atoms with van der Waals surface area (Å²) in [5, 5.41) is 4.29. The second kappa shape index (κ2) is 3.42. The maximum Gasteiger partial charge on any atom is 0.360 e. The van der Waals surface area contributed by atoms with Crippen LogP contribution in [0.5, 0.6) is 0 Å². The third-order valence-corrected chi connectivity index (χ3v) is 2.31. The summed E-state index contributed by atoms with van der Waals surface area (Å²) in [6, 6.07) is 5.31. The summed E-state index contributed by atoms with van der Waals surface area (Å²) in [7, 11) is 1.31. The molecule has 1 aromatic heterocycles. The highest BCUT2D eigenvalue weighted by atomic mass is 79.9. The molecule has 0 atom stereocenters. The normalized spacial score (nSPS) is 10.4. The molecule has 0 aliphatic carbocycles. The number of methoxy groups -OCH3 is 1. The molecule has 0 fully saturated rings. The fourth-order valence-electron chi connectivity index (χ4n) is 1.16. The largest absolute Gasteiger partial charge is 0.464 e. The highest BCUT2D eigenvalue weighted by molar-refractivity contribution is 9.10. The fourth-order valence-corrected chi connectivity index (χ4v) is 1.50. The predicted octanol–water partition coefficient (Wildman–Crippen LogP) is 2.38. The number of nitrogens with zero attached hydrogens (tertiary/aromatic N) is 1. The molecule has 0 saturated carbocycles. The smallest absolute Gasteiger partial charge is 0.360 e. The summed E-state index contributed by atoms with van der Waals surface area (Å²) in [6.07, 6.45) is 0. The topological polar surface area (TPSA) is 52.3 Å². The number of fused-ring (bicyclic) bond motifs is 1. The minimum atomic E-state index is -0.494. The summed E-state index contributed by atoms with van der Waals surface area (Å²) in [4.78, 5) is 11.2. The van der Waals surface area contributed by atoms with E-state index in [1.807, 2.05) is 6.07 Å². The Hall–Kier alpha value is -1.36. The molecular formula is C9H6BrNO3. The van der Waals surface area contributed by atoms with Crippen LogP contribution in [0.1, 0.15) is 10.5 Å². The molecule has 72 valence electrons. The van der Waals surface area contributed by atoms with Crippen LogP contribution in [0.25, 0.3) is 11.0 Å². The first-order valence-corrected chi connectivity index (χ1v) is 4.65. The Morgan fingerprint density at radius 3 is 3.07 bits per heavy atom. The molecule has 2 aromatic rings. The number of benzene rings is 1. The Balaban J connectivity index is 2.64. The summed E-state index contributed by atoms with van der Waals surface area (Å²) < 4.78 is 10.4. The minimum Gasteiger partial charge on any atom is -0.464 e. The van der Waals surface area contributed by atoms with Crippen molar-refractivity contribution in [1.82, 2.24) is 5.16 Å². The Morgan fingerprint density at radius 1 is 1.57 bits per heavy atom. The van der Waals surface area contributed by atoms with Gasteiger partial charge >= 0.3 is 5.97 Å². The number of hydrogen-bond acceptors (Lipinski definition) is 4. The Morgan fingerprint density at radius 2 is 2.36 bits per heavy atom. The van der Waals surface area contributed by atoms with Gasteiger partial charge in [0.25, 0.3) is 0 Å². The van der Waals surface area contributed by atoms with Gasteiger partial charge in [-0.1, -0.05) is 21.1 Å². The average Bonchev–Trinajstić information content (AvgIpc) is 2.59. The number of hydrogen-bond donors (Lipinski definition) is 0. The molecule has 0 N–H and O–H groups in total. The first-order chi connectivity index (χ1) is 6.72. The summed E-state index contributed by atoms with van der Waals surface area (Å²) in [6.45, 7) is 0. The van der Waals surface area contributed by atoms with Gasteiger partial charge in [0.15, 0.2) is 11.3 Å². The standard InChI is InChI=1S/C9H6BrNO3/c1-13-9(12)8-6-3-2-5(10)4-7(6)14-11-8/h2-4H,1H3. The van der Waals surface area contributed by atoms with Gasteiger partial charge in [0.05, 0.1) is 12.5 Å². The van der Waals surface area contributed by atoms with E-state index in [1.165, 1.54) is 7.11 Å². The number of carbonyl (C=O) groups excluding carboxylic acids is 1. The summed E-state index contributed by atoms with van der Waals surface area (Å²) >= 11 is 3.29. The van der Waals surface area contributed by atoms with Crippen LogP contribution < -0.4 is 0 Å². The second-order valence-electron chi connectivity index (χ2n) is 2.66. The van der Waals surface area contributed by atoms with Gasteiger partial charge in [-0.15, -0.1) is 0 Å². The van der Waals surface area contributed by atoms with Crippen LogP contribution in [-0.2, 0) is 4.74 Å². The van der Waals surface area contributed by atoms with Crippen LogP contribution in [0.2, 0.25) is 0 Å². The van der Waals surface area contributed by atoms with Crippen molar-refractivity contribution < 1.29 is 14.1 Å². The number of halogens is 1. The monoisotopic (exact) mass is 255 g/mol. The van der Waals surface area contributed by atoms with Crippen LogP contribution in [0.15, 0.2) is 27.2 Å². The van der Waals surface area contributed by atoms with Gasteiger partial charge in [-0.2, -0.15) is 0 Å². The molecule has 14 heavy (non-hydrogen) atoms. The van der Waals surface area contributed by atoms with Gasteiger partial charge in [-0.05, 0) is 18.2 Å². The van der Waals surface area contributed by atoms with E-state index >= 15 is 0 Å². The molecule has 0 bridgehead atoms. The van der Waals surface area contributed by atoms with E-state index in [4.69, 9.17) is 4.52 Å². The van der Waals surface area contributed by atoms with Crippen LogP contribution in [0.4, 0.5) is 0 Å². The van der Waals surface area contributed by atoms with Crippen molar-refractivity contribution in [3.05, 3.63) is 28.4 Å². The van der Waals surface area contributed by atoms with Gasteiger partial charge in [0, 0.05) is 4.47 Å². The molecular weight excluding hydrogens is 250 g/mol. The molecule has 0 saturated heterocycles. The predicted molar refractivity (Wildman–Crippen MR) is 53.0 cm³/mol. The molecule has 1 heterocycles. The van der Waals surface area contributed by atoms with E-state index in [9.17, 15) is 4.79 Å². The van der Waals surface area contributed by atoms with Crippen molar-refractivity contribution in [3.63, 3.8) is 0 Å². The van der Waals surface area contributed by atoms with Gasteiger partial charge in [-0.3, -0.25) is 0 Å². The zero-order valence-electron chi connectivity index (χ0n) is 7.28. The van der Waals surface area contributed by atoms with Crippen LogP contribution in [-0.4, -0.2) is 18.2 Å². The maximum atomic E-state index is 11.2. The molecule has 4 nitrogen and oxygen atoms in total. The maximum absolute atomic E-state index is 11.2. The van der Waals surface area contributed by atoms with Gasteiger partial charge in [0.1, 0.15) is 0 Å². The van der Waals surface area contributed by atoms with Crippen LogP contribution in [0.3, 0.4) is 0 Å². The van der Waals surface area contributed by atoms with E-state index < -0.39 is 5.97 Å². The van der Waals surface area contributed by atoms with Crippen molar-refractivity contribution in [2.24, 2.45) is 0 Å². The van der Waals surface area contributed by atoms with Crippen molar-refractivity contribution in [2.75, 3.05) is 7.11 Å². The van der Waals surface area contributed by atoms with E-state index in [1.54, 1.807) is 12.1 Å². The summed E-state index contributed by atoms with van der Waals surface area (Å²) in [5.41, 5.74) is 0.759. The lowest BCUT2D eigenvalue weighted by molar-refractivity contribution is 0.0591. The third-order valence-electron chi connectivity index (χ3n) is 1.81. The zero-order valence-corrected chi connectivity index (χ0v) is 8.87. The molecule has 0 radical (unpaired) electrons. The summed E-state index contributed by atoms with van der Waals surface area (Å²) in [5.74, 6) is -0.494. The molecule has 0 aliphatic heterocycles. The lowest BCUT2D eigenvalue weighted by Gasteiger charge is -1.92. The number of carbonyl (C=O) groups is 1.